The second-order valence-corrected chi connectivity index (χ2v) is 3.10. The van der Waals surface area contributed by atoms with Crippen molar-refractivity contribution >= 4 is 137 Å². The molecular formula is C12H17I6N. The van der Waals surface area contributed by atoms with Crippen molar-refractivity contribution in [2.45, 2.75) is 0 Å². The first-order valence-electron chi connectivity index (χ1n) is 4.33. The number of aromatic nitrogens is 1. The highest BCUT2D eigenvalue weighted by atomic mass is 127. The number of nitrogens with zero attached hydrogens (tertiary/aromatic N) is 1. The van der Waals surface area contributed by atoms with E-state index in [4.69, 9.17) is 0 Å². The molecule has 1 nitrogen and oxygen atoms in total. The molecular weight excluding hydrogens is 920 g/mol. The highest BCUT2D eigenvalue weighted by Crippen LogP contribution is 2.15. The molecule has 112 valence electrons. The number of pyridine rings is 1. The standard InChI is InChI=1S/C12H12N.6HI/c1-3-10-8-9-13(2)12-7-5-4-6-11(10)12;;;;;;/h3-9H,1H2,2H3;6*1H/q+1;;;;;;/p-1. The van der Waals surface area contributed by atoms with Crippen molar-refractivity contribution in [2.24, 2.45) is 7.05 Å². The maximum atomic E-state index is 3.80. The van der Waals surface area contributed by atoms with E-state index < -0.39 is 0 Å². The lowest BCUT2D eigenvalue weighted by atomic mass is 10.1. The van der Waals surface area contributed by atoms with Crippen molar-refractivity contribution in [1.29, 1.82) is 0 Å². The van der Waals surface area contributed by atoms with Crippen LogP contribution in [0.3, 0.4) is 0 Å². The zero-order chi connectivity index (χ0) is 9.26. The smallest absolute Gasteiger partial charge is 0.212 e. The van der Waals surface area contributed by atoms with Crippen molar-refractivity contribution in [3.63, 3.8) is 0 Å². The van der Waals surface area contributed by atoms with E-state index >= 15 is 0 Å². The minimum absolute atomic E-state index is 0. The first-order chi connectivity index (χ1) is 6.33. The number of fused-ring (bicyclic) bond motifs is 1. The van der Waals surface area contributed by atoms with E-state index in [0.29, 0.717) is 0 Å². The maximum absolute atomic E-state index is 3.80. The summed E-state index contributed by atoms with van der Waals surface area (Å²) < 4.78 is 2.11. The molecule has 0 bridgehead atoms. The Morgan fingerprint density at radius 3 is 2.00 bits per heavy atom. The summed E-state index contributed by atoms with van der Waals surface area (Å²) in [5.74, 6) is 0. The van der Waals surface area contributed by atoms with Gasteiger partial charge >= 0.3 is 0 Å². The molecule has 1 aromatic heterocycles. The maximum Gasteiger partial charge on any atom is 0.212 e. The third kappa shape index (κ3) is 8.83. The molecule has 0 aliphatic rings. The van der Waals surface area contributed by atoms with Crippen LogP contribution in [0.15, 0.2) is 43.1 Å². The Hall–Kier alpha value is 2.75. The van der Waals surface area contributed by atoms with Crippen molar-refractivity contribution in [2.75, 3.05) is 0 Å². The third-order valence-corrected chi connectivity index (χ3v) is 2.29. The predicted octanol–water partition coefficient (Wildman–Crippen LogP) is 2.40. The van der Waals surface area contributed by atoms with Gasteiger partial charge in [0, 0.05) is 12.1 Å². The summed E-state index contributed by atoms with van der Waals surface area (Å²) in [6.45, 7) is 3.80. The Morgan fingerprint density at radius 1 is 0.947 bits per heavy atom. The van der Waals surface area contributed by atoms with Crippen molar-refractivity contribution in [1.82, 2.24) is 0 Å². The Bertz CT molecular complexity index is 475. The van der Waals surface area contributed by atoms with Gasteiger partial charge in [-0.05, 0) is 11.6 Å². The van der Waals surface area contributed by atoms with E-state index in [1.807, 2.05) is 6.08 Å². The van der Waals surface area contributed by atoms with Crippen molar-refractivity contribution in [3.05, 3.63) is 48.7 Å². The van der Waals surface area contributed by atoms with E-state index in [0.717, 1.165) is 0 Å². The van der Waals surface area contributed by atoms with Gasteiger partial charge in [-0.15, -0.1) is 120 Å². The van der Waals surface area contributed by atoms with E-state index in [1.54, 1.807) is 0 Å². The number of hydrogen-bond acceptors (Lipinski definition) is 0. The largest absolute Gasteiger partial charge is 1.00 e. The summed E-state index contributed by atoms with van der Waals surface area (Å²) in [5, 5.41) is 1.25. The lowest BCUT2D eigenvalue weighted by Gasteiger charge is -1.99. The van der Waals surface area contributed by atoms with Crippen LogP contribution in [0.2, 0.25) is 0 Å². The number of benzene rings is 1. The number of para-hydroxylation sites is 1. The van der Waals surface area contributed by atoms with E-state index in [2.05, 4.69) is 54.7 Å². The molecule has 0 saturated heterocycles. The first-order valence-corrected chi connectivity index (χ1v) is 4.33. The Kier molecular flexibility index (Phi) is 30.1. The molecule has 0 aliphatic heterocycles. The van der Waals surface area contributed by atoms with Crippen LogP contribution in [-0.2, 0) is 7.05 Å². The van der Waals surface area contributed by atoms with Gasteiger partial charge in [-0.25, -0.2) is 4.57 Å². The molecule has 0 unspecified atom stereocenters. The Balaban J connectivity index is -0.000000109. The molecule has 19 heavy (non-hydrogen) atoms. The van der Waals surface area contributed by atoms with Gasteiger partial charge in [0.15, 0.2) is 6.20 Å². The average Bonchev–Trinajstić information content (AvgIpc) is 2.19. The van der Waals surface area contributed by atoms with Gasteiger partial charge in [0.2, 0.25) is 5.52 Å². The molecule has 0 atom stereocenters. The molecule has 7 heteroatoms. The van der Waals surface area contributed by atoms with E-state index in [-0.39, 0.29) is 144 Å². The summed E-state index contributed by atoms with van der Waals surface area (Å²) >= 11 is 0. The fourth-order valence-corrected chi connectivity index (χ4v) is 1.57. The summed E-state index contributed by atoms with van der Waals surface area (Å²) in [4.78, 5) is 0. The normalized spacial score (nSPS) is 7.00. The van der Waals surface area contributed by atoms with Crippen LogP contribution in [0, 0.1) is 0 Å². The fourth-order valence-electron chi connectivity index (χ4n) is 1.57. The quantitative estimate of drug-likeness (QED) is 0.306. The molecule has 2 aromatic rings. The average molecular weight is 937 g/mol. The summed E-state index contributed by atoms with van der Waals surface area (Å²) in [6, 6.07) is 10.4. The molecule has 0 fully saturated rings. The topological polar surface area (TPSA) is 3.88 Å². The first kappa shape index (κ1) is 33.4. The molecule has 0 saturated carbocycles. The van der Waals surface area contributed by atoms with Gasteiger partial charge in [0.05, 0.1) is 5.39 Å². The monoisotopic (exact) mass is 937 g/mol. The lowest BCUT2D eigenvalue weighted by Crippen LogP contribution is -3.00. The Labute approximate surface area is 217 Å². The lowest BCUT2D eigenvalue weighted by molar-refractivity contribution is -0.644. The number of rotatable bonds is 1. The number of hydrogen-bond donors (Lipinski definition) is 0. The zero-order valence-electron chi connectivity index (χ0n) is 10.1. The van der Waals surface area contributed by atoms with Gasteiger partial charge in [-0.2, -0.15) is 0 Å². The van der Waals surface area contributed by atoms with Crippen LogP contribution in [-0.4, -0.2) is 0 Å². The van der Waals surface area contributed by atoms with Gasteiger partial charge in [0.25, 0.3) is 0 Å². The van der Waals surface area contributed by atoms with Crippen LogP contribution in [0.4, 0.5) is 0 Å². The second-order valence-electron chi connectivity index (χ2n) is 3.10. The summed E-state index contributed by atoms with van der Waals surface area (Å²) in [5.41, 5.74) is 2.42. The second kappa shape index (κ2) is 17.1. The highest BCUT2D eigenvalue weighted by molar-refractivity contribution is 14.0. The molecule has 0 N–H and O–H groups in total. The van der Waals surface area contributed by atoms with Gasteiger partial charge < -0.3 is 24.0 Å². The number of aryl methyl sites for hydroxylation is 1. The van der Waals surface area contributed by atoms with Crippen LogP contribution < -0.4 is 28.5 Å². The predicted molar refractivity (Wildman–Crippen MR) is 132 cm³/mol. The van der Waals surface area contributed by atoms with Crippen molar-refractivity contribution in [3.8, 4) is 0 Å². The Morgan fingerprint density at radius 2 is 1.47 bits per heavy atom. The van der Waals surface area contributed by atoms with Gasteiger partial charge in [0.1, 0.15) is 7.05 Å². The molecule has 0 aliphatic carbocycles. The fraction of sp³-hybridized carbons (Fsp3) is 0.0833. The van der Waals surface area contributed by atoms with Crippen LogP contribution in [0.25, 0.3) is 17.0 Å². The molecule has 0 spiro atoms. The molecule has 2 rings (SSSR count). The minimum atomic E-state index is 0. The van der Waals surface area contributed by atoms with Crippen molar-refractivity contribution < 1.29 is 28.5 Å². The molecule has 1 aromatic carbocycles. The van der Waals surface area contributed by atoms with Crippen LogP contribution in [0.5, 0.6) is 0 Å². The zero-order valence-corrected chi connectivity index (χ0v) is 23.9. The molecule has 0 radical (unpaired) electrons. The SMILES string of the molecule is C=Cc1cc[n+](C)c2ccccc12.I.I.I.I.I.[I-]. The third-order valence-electron chi connectivity index (χ3n) is 2.29. The summed E-state index contributed by atoms with van der Waals surface area (Å²) in [6.07, 6.45) is 3.95. The molecule has 0 amide bonds. The van der Waals surface area contributed by atoms with E-state index in [9.17, 15) is 0 Å². The molecule has 1 heterocycles. The van der Waals surface area contributed by atoms with E-state index in [1.165, 1.54) is 16.5 Å². The number of halogens is 6. The van der Waals surface area contributed by atoms with Crippen LogP contribution >= 0.6 is 120 Å². The van der Waals surface area contributed by atoms with Gasteiger partial charge in [-0.3, -0.25) is 0 Å². The highest BCUT2D eigenvalue weighted by Gasteiger charge is 2.05. The summed E-state index contributed by atoms with van der Waals surface area (Å²) in [7, 11) is 2.05. The minimum Gasteiger partial charge on any atom is -1.00 e. The van der Waals surface area contributed by atoms with Gasteiger partial charge in [-0.1, -0.05) is 24.8 Å². The van der Waals surface area contributed by atoms with Crippen LogP contribution in [0.1, 0.15) is 5.56 Å².